The zero-order valence-electron chi connectivity index (χ0n) is 9.57. The fraction of sp³-hybridized carbons (Fsp3) is 0.0625. The molecule has 1 heterocycles. The van der Waals surface area contributed by atoms with E-state index in [4.69, 9.17) is 13.8 Å². The highest BCUT2D eigenvalue weighted by atomic mass is 14.7. The van der Waals surface area contributed by atoms with Crippen molar-refractivity contribution in [3.63, 3.8) is 0 Å². The first-order chi connectivity index (χ1) is 8.18. The molecule has 0 bridgehead atoms. The summed E-state index contributed by atoms with van der Waals surface area (Å²) < 4.78 is 0. The lowest BCUT2D eigenvalue weighted by molar-refractivity contribution is 1.42. The van der Waals surface area contributed by atoms with Gasteiger partial charge in [0.25, 0.3) is 0 Å². The molecule has 1 aromatic heterocycles. The Bertz CT molecular complexity index is 666. The quantitative estimate of drug-likeness (QED) is 0.522. The lowest BCUT2D eigenvalue weighted by atomic mass is 10.00. The second-order valence-corrected chi connectivity index (χ2v) is 4.22. The first-order valence-corrected chi connectivity index (χ1v) is 5.51. The highest BCUT2D eigenvalue weighted by Gasteiger charge is 2.08. The van der Waals surface area contributed by atoms with Gasteiger partial charge in [0, 0.05) is 24.6 Å². The normalized spacial score (nSPS) is 11.2. The number of hydrogen-bond donors (Lipinski definition) is 0. The molecule has 0 N–H and O–H groups in total. The average molecular weight is 217 g/mol. The van der Waals surface area contributed by atoms with Gasteiger partial charge in [-0.15, -0.1) is 0 Å². The number of aromatic nitrogens is 1. The van der Waals surface area contributed by atoms with Crippen molar-refractivity contribution in [2.45, 2.75) is 6.92 Å². The average Bonchev–Trinajstić information content (AvgIpc) is 2.32. The van der Waals surface area contributed by atoms with Crippen molar-refractivity contribution in [2.24, 2.45) is 0 Å². The Balaban J connectivity index is 2.62. The molecule has 0 saturated heterocycles. The van der Waals surface area contributed by atoms with E-state index in [0.29, 0.717) is 11.1 Å². The Labute approximate surface area is 101 Å². The molecule has 0 amide bonds. The summed E-state index contributed by atoms with van der Waals surface area (Å²) >= 11 is 0. The van der Waals surface area contributed by atoms with Crippen molar-refractivity contribution in [1.82, 2.24) is 4.98 Å². The van der Waals surface area contributed by atoms with Gasteiger partial charge in [-0.2, -0.15) is 0 Å². The zero-order valence-corrected chi connectivity index (χ0v) is 9.57. The van der Waals surface area contributed by atoms with E-state index < -0.39 is 0 Å². The maximum Gasteiger partial charge on any atom is 0.0747 e. The Hall–Kier alpha value is -1.89. The van der Waals surface area contributed by atoms with Crippen LogP contribution >= 0.6 is 0 Å². The summed E-state index contributed by atoms with van der Waals surface area (Å²) in [7, 11) is 0. The minimum Gasteiger partial charge on any atom is -0.247 e. The van der Waals surface area contributed by atoms with Crippen molar-refractivity contribution in [3.05, 3.63) is 66.9 Å². The van der Waals surface area contributed by atoms with Crippen LogP contribution in [0.15, 0.2) is 36.4 Å². The lowest BCUT2D eigenvalue weighted by Crippen LogP contribution is -1.91. The number of nitrogens with zero attached hydrogens (tertiary/aromatic N) is 1. The van der Waals surface area contributed by atoms with Crippen molar-refractivity contribution in [1.29, 1.82) is 0 Å². The van der Waals surface area contributed by atoms with Crippen LogP contribution in [0, 0.1) is 20.8 Å². The van der Waals surface area contributed by atoms with E-state index in [0.717, 1.165) is 21.8 Å². The summed E-state index contributed by atoms with van der Waals surface area (Å²) in [5.74, 6) is 0. The molecule has 0 aliphatic rings. The van der Waals surface area contributed by atoms with Crippen LogP contribution in [0.1, 0.15) is 16.7 Å². The van der Waals surface area contributed by atoms with Crippen molar-refractivity contribution in [3.8, 4) is 0 Å². The second kappa shape index (κ2) is 3.56. The number of pyridine rings is 1. The maximum atomic E-state index is 5.96. The van der Waals surface area contributed by atoms with Gasteiger partial charge in [-0.1, -0.05) is 36.4 Å². The van der Waals surface area contributed by atoms with Crippen LogP contribution in [-0.4, -0.2) is 4.98 Å². The number of aryl methyl sites for hydroxylation is 1. The predicted octanol–water partition coefficient (Wildman–Crippen LogP) is 3.81. The van der Waals surface area contributed by atoms with Gasteiger partial charge in [0.05, 0.1) is 11.0 Å². The molecule has 0 aliphatic carbocycles. The molecule has 1 heteroatoms. The summed E-state index contributed by atoms with van der Waals surface area (Å²) in [6.07, 6.45) is 0. The van der Waals surface area contributed by atoms with Crippen LogP contribution in [0.2, 0.25) is 0 Å². The minimum atomic E-state index is 0.691. The molecule has 4 radical (unpaired) electrons. The van der Waals surface area contributed by atoms with E-state index in [1.807, 2.05) is 36.4 Å². The van der Waals surface area contributed by atoms with Crippen molar-refractivity contribution >= 4 is 21.8 Å². The molecule has 1 nitrogen and oxygen atoms in total. The molecule has 3 rings (SSSR count). The third kappa shape index (κ3) is 1.42. The zero-order chi connectivity index (χ0) is 12.0. The summed E-state index contributed by atoms with van der Waals surface area (Å²) in [6, 6.07) is 11.7. The van der Waals surface area contributed by atoms with E-state index in [-0.39, 0.29) is 0 Å². The van der Waals surface area contributed by atoms with Crippen LogP contribution in [0.3, 0.4) is 0 Å². The molecule has 17 heavy (non-hydrogen) atoms. The topological polar surface area (TPSA) is 12.9 Å². The standard InChI is InChI=1S/C16H11N/c1-10-6-4-8-13-12(3)14-9-5-7-11(2)16(14)17-15(10)13/h1-2,4-9H,3H3. The van der Waals surface area contributed by atoms with Crippen LogP contribution in [0.25, 0.3) is 21.8 Å². The van der Waals surface area contributed by atoms with Crippen LogP contribution in [0.5, 0.6) is 0 Å². The Morgan fingerprint density at radius 2 is 1.29 bits per heavy atom. The van der Waals surface area contributed by atoms with E-state index in [1.54, 1.807) is 0 Å². The van der Waals surface area contributed by atoms with Crippen molar-refractivity contribution in [2.75, 3.05) is 0 Å². The Morgan fingerprint density at radius 3 is 1.76 bits per heavy atom. The SMILES string of the molecule is [CH]c1cccc2c(C)c3cccc([CH])c3nc12. The summed E-state index contributed by atoms with van der Waals surface area (Å²) in [4.78, 5) is 4.59. The van der Waals surface area contributed by atoms with E-state index in [2.05, 4.69) is 11.9 Å². The summed E-state index contributed by atoms with van der Waals surface area (Å²) in [6.45, 7) is 14.0. The monoisotopic (exact) mass is 217 g/mol. The fourth-order valence-corrected chi connectivity index (χ4v) is 2.23. The van der Waals surface area contributed by atoms with Crippen LogP contribution in [0.4, 0.5) is 0 Å². The molecule has 0 unspecified atom stereocenters. The molecule has 0 saturated carbocycles. The molecular formula is C16H11N. The predicted molar refractivity (Wildman–Crippen MR) is 70.8 cm³/mol. The number of hydrogen-bond acceptors (Lipinski definition) is 1. The Morgan fingerprint density at radius 1 is 0.824 bits per heavy atom. The van der Waals surface area contributed by atoms with Gasteiger partial charge in [-0.05, 0) is 23.6 Å². The molecule has 0 atom stereocenters. The highest BCUT2D eigenvalue weighted by Crippen LogP contribution is 2.28. The molecule has 2 aromatic carbocycles. The second-order valence-electron chi connectivity index (χ2n) is 4.22. The number of fused-ring (bicyclic) bond motifs is 2. The maximum absolute atomic E-state index is 5.96. The largest absolute Gasteiger partial charge is 0.247 e. The summed E-state index contributed by atoms with van der Waals surface area (Å²) in [5, 5.41) is 2.17. The van der Waals surface area contributed by atoms with Gasteiger partial charge in [-0.3, -0.25) is 0 Å². The molecule has 0 spiro atoms. The number of benzene rings is 2. The third-order valence-electron chi connectivity index (χ3n) is 3.17. The first kappa shape index (κ1) is 10.3. The van der Waals surface area contributed by atoms with Gasteiger partial charge in [0.1, 0.15) is 0 Å². The third-order valence-corrected chi connectivity index (χ3v) is 3.17. The van der Waals surface area contributed by atoms with E-state index in [9.17, 15) is 0 Å². The van der Waals surface area contributed by atoms with Crippen LogP contribution in [-0.2, 0) is 0 Å². The molecular weight excluding hydrogens is 206 g/mol. The number of para-hydroxylation sites is 2. The van der Waals surface area contributed by atoms with Crippen LogP contribution < -0.4 is 0 Å². The van der Waals surface area contributed by atoms with E-state index >= 15 is 0 Å². The highest BCUT2D eigenvalue weighted by molar-refractivity contribution is 5.99. The van der Waals surface area contributed by atoms with Gasteiger partial charge in [-0.25, -0.2) is 4.98 Å². The van der Waals surface area contributed by atoms with Crippen molar-refractivity contribution < 1.29 is 0 Å². The summed E-state index contributed by atoms with van der Waals surface area (Å²) in [5.41, 5.74) is 4.21. The molecule has 0 fully saturated rings. The van der Waals surface area contributed by atoms with Gasteiger partial charge in [0.2, 0.25) is 0 Å². The smallest absolute Gasteiger partial charge is 0.0747 e. The number of rotatable bonds is 0. The molecule has 3 aromatic rings. The minimum absolute atomic E-state index is 0.691. The van der Waals surface area contributed by atoms with Gasteiger partial charge < -0.3 is 0 Å². The van der Waals surface area contributed by atoms with E-state index in [1.165, 1.54) is 5.56 Å². The Kier molecular flexibility index (Phi) is 2.15. The van der Waals surface area contributed by atoms with Gasteiger partial charge >= 0.3 is 0 Å². The van der Waals surface area contributed by atoms with Gasteiger partial charge in [0.15, 0.2) is 0 Å². The molecule has 0 aliphatic heterocycles. The fourth-order valence-electron chi connectivity index (χ4n) is 2.23. The first-order valence-electron chi connectivity index (χ1n) is 5.51. The molecule has 80 valence electrons. The lowest BCUT2D eigenvalue weighted by Gasteiger charge is -2.09.